The molecule has 33 heavy (non-hydrogen) atoms. The number of carbonyl (C=O) groups excluding carboxylic acids is 1. The number of carbonyl (C=O) groups is 1. The van der Waals surface area contributed by atoms with Crippen molar-refractivity contribution in [2.24, 2.45) is 5.92 Å². The number of likely N-dealkylation sites (tertiary alicyclic amines) is 1. The van der Waals surface area contributed by atoms with E-state index in [0.29, 0.717) is 6.42 Å². The molecule has 1 N–H and O–H groups in total. The number of rotatable bonds is 4. The van der Waals surface area contributed by atoms with Gasteiger partial charge in [0.25, 0.3) is 0 Å². The third-order valence-electron chi connectivity index (χ3n) is 7.19. The zero-order valence-corrected chi connectivity index (χ0v) is 19.8. The van der Waals surface area contributed by atoms with Gasteiger partial charge in [-0.15, -0.1) is 0 Å². The highest BCUT2D eigenvalue weighted by atomic mass is 16.5. The first-order chi connectivity index (χ1) is 16.0. The topological polar surface area (TPSA) is 59.0 Å². The maximum absolute atomic E-state index is 13.4. The van der Waals surface area contributed by atoms with Gasteiger partial charge < -0.3 is 29.2 Å². The van der Waals surface area contributed by atoms with Crippen LogP contribution in [0.5, 0.6) is 5.75 Å². The average Bonchev–Trinajstić information content (AvgIpc) is 3.35. The Labute approximate surface area is 195 Å². The van der Waals surface area contributed by atoms with Crippen molar-refractivity contribution < 1.29 is 14.3 Å². The Morgan fingerprint density at radius 3 is 2.64 bits per heavy atom. The molecule has 1 spiro atoms. The highest BCUT2D eigenvalue weighted by molar-refractivity contribution is 5.81. The molecule has 3 heterocycles. The third-order valence-corrected chi connectivity index (χ3v) is 7.19. The summed E-state index contributed by atoms with van der Waals surface area (Å²) in [6.07, 6.45) is 8.59. The van der Waals surface area contributed by atoms with Gasteiger partial charge in [-0.05, 0) is 55.7 Å². The molecule has 7 nitrogen and oxygen atoms in total. The Balaban J connectivity index is 1.35. The molecule has 1 fully saturated rings. The molecule has 1 aromatic carbocycles. The Morgan fingerprint density at radius 2 is 1.94 bits per heavy atom. The van der Waals surface area contributed by atoms with Crippen LogP contribution in [0.25, 0.3) is 5.69 Å². The van der Waals surface area contributed by atoms with Gasteiger partial charge in [-0.3, -0.25) is 4.79 Å². The maximum Gasteiger partial charge on any atom is 0.229 e. The summed E-state index contributed by atoms with van der Waals surface area (Å²) in [6, 6.07) is 10.4. The van der Waals surface area contributed by atoms with E-state index in [1.165, 1.54) is 5.69 Å². The van der Waals surface area contributed by atoms with Crippen LogP contribution < -0.4 is 10.1 Å². The summed E-state index contributed by atoms with van der Waals surface area (Å²) in [6.45, 7) is 1.44. The predicted octanol–water partition coefficient (Wildman–Crippen LogP) is 3.72. The van der Waals surface area contributed by atoms with Crippen LogP contribution in [-0.4, -0.2) is 61.7 Å². The van der Waals surface area contributed by atoms with Crippen molar-refractivity contribution in [2.75, 3.05) is 46.7 Å². The number of anilines is 1. The van der Waals surface area contributed by atoms with Crippen LogP contribution in [0, 0.1) is 5.92 Å². The Hall–Kier alpha value is -3.35. The smallest absolute Gasteiger partial charge is 0.229 e. The predicted molar refractivity (Wildman–Crippen MR) is 128 cm³/mol. The highest BCUT2D eigenvalue weighted by Gasteiger charge is 2.43. The van der Waals surface area contributed by atoms with Crippen molar-refractivity contribution in [2.45, 2.75) is 24.8 Å². The standard InChI is InChI=1S/C26H32N4O3/c1-28(2)22-16-18(7-10-23(22)33-4)25(31)29-14-11-26(12-15-29)24-6-5-13-30(24)21-9-8-19(32-3)17-20(21)27-26/h5-6,8-10,13,16-18,27H,7,11-12,14-15H2,1-4H3. The maximum atomic E-state index is 13.4. The fraction of sp³-hybridized carbons (Fsp3) is 0.423. The lowest BCUT2D eigenvalue weighted by Gasteiger charge is -2.46. The molecular weight excluding hydrogens is 416 g/mol. The van der Waals surface area contributed by atoms with Crippen LogP contribution in [0.3, 0.4) is 0 Å². The molecule has 1 saturated heterocycles. The van der Waals surface area contributed by atoms with E-state index in [4.69, 9.17) is 9.47 Å². The molecule has 2 aliphatic heterocycles. The third kappa shape index (κ3) is 3.56. The number of methoxy groups -OCH3 is 2. The summed E-state index contributed by atoms with van der Waals surface area (Å²) < 4.78 is 13.2. The molecule has 7 heteroatoms. The molecule has 1 aliphatic carbocycles. The molecule has 1 atom stereocenters. The number of benzene rings is 1. The number of piperidine rings is 1. The molecule has 174 valence electrons. The van der Waals surface area contributed by atoms with Crippen LogP contribution in [0.1, 0.15) is 25.0 Å². The lowest BCUT2D eigenvalue weighted by Crippen LogP contribution is -2.52. The van der Waals surface area contributed by atoms with Crippen molar-refractivity contribution in [3.05, 3.63) is 65.8 Å². The number of fused-ring (bicyclic) bond motifs is 4. The van der Waals surface area contributed by atoms with Gasteiger partial charge in [0.15, 0.2) is 0 Å². The first-order valence-corrected chi connectivity index (χ1v) is 11.5. The van der Waals surface area contributed by atoms with Gasteiger partial charge in [-0.25, -0.2) is 0 Å². The minimum absolute atomic E-state index is 0.150. The van der Waals surface area contributed by atoms with E-state index in [0.717, 1.165) is 54.5 Å². The van der Waals surface area contributed by atoms with Crippen LogP contribution >= 0.6 is 0 Å². The number of hydrogen-bond donors (Lipinski definition) is 1. The Bertz CT molecular complexity index is 1120. The molecule has 1 unspecified atom stereocenters. The van der Waals surface area contributed by atoms with Crippen LogP contribution in [0.2, 0.25) is 0 Å². The second-order valence-electron chi connectivity index (χ2n) is 9.24. The number of amides is 1. The van der Waals surface area contributed by atoms with E-state index in [1.807, 2.05) is 36.0 Å². The number of likely N-dealkylation sites (N-methyl/N-ethyl adjacent to an activating group) is 1. The van der Waals surface area contributed by atoms with E-state index in [2.05, 4.69) is 46.4 Å². The SMILES string of the molecule is COC1=CCC(C(=O)N2CCC3(CC2)Nc2cc(OC)ccc2-n2cccc23)C=C1N(C)C. The van der Waals surface area contributed by atoms with Crippen molar-refractivity contribution in [1.29, 1.82) is 0 Å². The molecule has 1 amide bonds. The van der Waals surface area contributed by atoms with Crippen molar-refractivity contribution in [3.8, 4) is 11.4 Å². The van der Waals surface area contributed by atoms with E-state index in [9.17, 15) is 4.79 Å². The molecular formula is C26H32N4O3. The van der Waals surface area contributed by atoms with Gasteiger partial charge in [0, 0.05) is 45.1 Å². The van der Waals surface area contributed by atoms with Crippen molar-refractivity contribution >= 4 is 11.6 Å². The number of allylic oxidation sites excluding steroid dienone is 1. The normalized spacial score (nSPS) is 20.7. The number of hydrogen-bond acceptors (Lipinski definition) is 5. The van der Waals surface area contributed by atoms with E-state index in [-0.39, 0.29) is 17.4 Å². The monoisotopic (exact) mass is 448 g/mol. The van der Waals surface area contributed by atoms with E-state index >= 15 is 0 Å². The van der Waals surface area contributed by atoms with Gasteiger partial charge >= 0.3 is 0 Å². The Morgan fingerprint density at radius 1 is 1.15 bits per heavy atom. The molecule has 0 saturated carbocycles. The first kappa shape index (κ1) is 21.5. The zero-order valence-electron chi connectivity index (χ0n) is 19.8. The fourth-order valence-corrected chi connectivity index (χ4v) is 5.39. The van der Waals surface area contributed by atoms with Crippen LogP contribution in [-0.2, 0) is 15.1 Å². The largest absolute Gasteiger partial charge is 0.497 e. The van der Waals surface area contributed by atoms with Crippen molar-refractivity contribution in [1.82, 2.24) is 14.4 Å². The lowest BCUT2D eigenvalue weighted by atomic mass is 9.81. The summed E-state index contributed by atoms with van der Waals surface area (Å²) in [5.74, 6) is 1.72. The van der Waals surface area contributed by atoms with E-state index in [1.54, 1.807) is 14.2 Å². The first-order valence-electron chi connectivity index (χ1n) is 11.5. The number of nitrogens with one attached hydrogen (secondary N) is 1. The molecule has 1 aromatic heterocycles. The summed E-state index contributed by atoms with van der Waals surface area (Å²) in [5.41, 5.74) is 4.23. The van der Waals surface area contributed by atoms with E-state index < -0.39 is 0 Å². The second-order valence-corrected chi connectivity index (χ2v) is 9.24. The average molecular weight is 449 g/mol. The van der Waals surface area contributed by atoms with Gasteiger partial charge in [-0.2, -0.15) is 0 Å². The minimum atomic E-state index is -0.194. The van der Waals surface area contributed by atoms with Crippen LogP contribution in [0.4, 0.5) is 5.69 Å². The number of aromatic nitrogens is 1. The molecule has 0 bridgehead atoms. The molecule has 5 rings (SSSR count). The summed E-state index contributed by atoms with van der Waals surface area (Å²) in [4.78, 5) is 17.5. The molecule has 2 aromatic rings. The van der Waals surface area contributed by atoms with Gasteiger partial charge in [0.1, 0.15) is 11.5 Å². The molecule has 3 aliphatic rings. The van der Waals surface area contributed by atoms with Gasteiger partial charge in [0.2, 0.25) is 5.91 Å². The fourth-order valence-electron chi connectivity index (χ4n) is 5.39. The minimum Gasteiger partial charge on any atom is -0.497 e. The Kier molecular flexibility index (Phi) is 5.35. The van der Waals surface area contributed by atoms with Crippen LogP contribution in [0.15, 0.2) is 60.1 Å². The highest BCUT2D eigenvalue weighted by Crippen LogP contribution is 2.44. The summed E-state index contributed by atoms with van der Waals surface area (Å²) in [7, 11) is 7.33. The zero-order chi connectivity index (χ0) is 23.2. The van der Waals surface area contributed by atoms with Gasteiger partial charge in [0.05, 0.1) is 42.7 Å². The molecule has 0 radical (unpaired) electrons. The number of nitrogens with zero attached hydrogens (tertiary/aromatic N) is 3. The quantitative estimate of drug-likeness (QED) is 0.773. The van der Waals surface area contributed by atoms with Gasteiger partial charge in [-0.1, -0.05) is 0 Å². The number of ether oxygens (including phenoxy) is 2. The summed E-state index contributed by atoms with van der Waals surface area (Å²) >= 11 is 0. The lowest BCUT2D eigenvalue weighted by molar-refractivity contribution is -0.135. The van der Waals surface area contributed by atoms with Crippen molar-refractivity contribution in [3.63, 3.8) is 0 Å². The second kappa shape index (κ2) is 8.21. The summed E-state index contributed by atoms with van der Waals surface area (Å²) in [5, 5.41) is 3.82.